The second-order valence-corrected chi connectivity index (χ2v) is 12.2. The first-order valence-electron chi connectivity index (χ1n) is 14.3. The van der Waals surface area contributed by atoms with Crippen molar-refractivity contribution in [2.45, 2.75) is 84.7 Å². The van der Waals surface area contributed by atoms with Crippen LogP contribution in [0.2, 0.25) is 0 Å². The van der Waals surface area contributed by atoms with Gasteiger partial charge in [-0.3, -0.25) is 0 Å². The lowest BCUT2D eigenvalue weighted by Crippen LogP contribution is -2.33. The van der Waals surface area contributed by atoms with Crippen LogP contribution in [0.4, 0.5) is 0 Å². The standard InChI is InChI=1S/C33H36Br2O6/c1-5-10-18-20(12-7-3)29(36)26(34)16-24(18)33(23-15-9-14-22(31(38)39)28(23)32(40)41-33)25-17-27(35)30(37)21(13-8-4)19(25)11-6-2/h9,14-17,36-37H,5-8,10-13H2,1-4H3,(H,38,39). The molecule has 0 saturated heterocycles. The summed E-state index contributed by atoms with van der Waals surface area (Å²) in [5, 5.41) is 32.4. The molecule has 0 unspecified atom stereocenters. The number of hydrogen-bond acceptors (Lipinski definition) is 5. The molecule has 0 atom stereocenters. The molecule has 1 heterocycles. The zero-order chi connectivity index (χ0) is 30.1. The van der Waals surface area contributed by atoms with Crippen molar-refractivity contribution in [1.29, 1.82) is 0 Å². The van der Waals surface area contributed by atoms with Crippen LogP contribution in [0.15, 0.2) is 39.3 Å². The number of phenolic OH excluding ortho intramolecular Hbond substituents is 2. The Morgan fingerprint density at radius 1 is 0.756 bits per heavy atom. The summed E-state index contributed by atoms with van der Waals surface area (Å²) in [4.78, 5) is 26.1. The Labute approximate surface area is 258 Å². The number of carboxylic acid groups (broad SMARTS) is 1. The van der Waals surface area contributed by atoms with Gasteiger partial charge in [-0.1, -0.05) is 65.5 Å². The molecule has 3 aromatic carbocycles. The smallest absolute Gasteiger partial charge is 0.341 e. The minimum absolute atomic E-state index is 0.0207. The minimum atomic E-state index is -1.51. The van der Waals surface area contributed by atoms with E-state index in [2.05, 4.69) is 45.7 Å². The van der Waals surface area contributed by atoms with Crippen LogP contribution in [0, 0.1) is 0 Å². The number of carbonyl (C=O) groups excluding carboxylic acids is 1. The highest BCUT2D eigenvalue weighted by molar-refractivity contribution is 9.10. The van der Waals surface area contributed by atoms with Gasteiger partial charge in [0.1, 0.15) is 11.5 Å². The zero-order valence-corrected chi connectivity index (χ0v) is 27.0. The largest absolute Gasteiger partial charge is 0.506 e. The maximum Gasteiger partial charge on any atom is 0.341 e. The lowest BCUT2D eigenvalue weighted by molar-refractivity contribution is 0.0243. The molecule has 3 aromatic rings. The van der Waals surface area contributed by atoms with Crippen molar-refractivity contribution in [2.75, 3.05) is 0 Å². The quantitative estimate of drug-likeness (QED) is 0.175. The predicted molar refractivity (Wildman–Crippen MR) is 166 cm³/mol. The Morgan fingerprint density at radius 3 is 1.61 bits per heavy atom. The van der Waals surface area contributed by atoms with Crippen molar-refractivity contribution >= 4 is 43.8 Å². The first kappa shape index (κ1) is 31.1. The van der Waals surface area contributed by atoms with E-state index in [1.165, 1.54) is 6.07 Å². The van der Waals surface area contributed by atoms with Crippen LogP contribution in [0.1, 0.15) is 113 Å². The first-order chi connectivity index (χ1) is 19.6. The van der Waals surface area contributed by atoms with Crippen molar-refractivity contribution in [3.63, 3.8) is 0 Å². The van der Waals surface area contributed by atoms with Crippen LogP contribution in [0.25, 0.3) is 0 Å². The number of rotatable bonds is 11. The second-order valence-electron chi connectivity index (χ2n) is 10.5. The van der Waals surface area contributed by atoms with Crippen LogP contribution in [-0.2, 0) is 36.0 Å². The fraction of sp³-hybridized carbons (Fsp3) is 0.394. The van der Waals surface area contributed by atoms with E-state index in [0.717, 1.165) is 47.9 Å². The number of carbonyl (C=O) groups is 2. The number of phenols is 2. The van der Waals surface area contributed by atoms with Crippen molar-refractivity contribution in [3.05, 3.63) is 89.3 Å². The average molecular weight is 688 g/mol. The van der Waals surface area contributed by atoms with E-state index in [4.69, 9.17) is 4.74 Å². The molecule has 218 valence electrons. The van der Waals surface area contributed by atoms with Crippen molar-refractivity contribution in [3.8, 4) is 11.5 Å². The number of halogens is 2. The first-order valence-corrected chi connectivity index (χ1v) is 15.8. The van der Waals surface area contributed by atoms with Gasteiger partial charge >= 0.3 is 11.9 Å². The van der Waals surface area contributed by atoms with Gasteiger partial charge in [0.15, 0.2) is 5.60 Å². The number of aromatic hydroxyl groups is 2. The van der Waals surface area contributed by atoms with Gasteiger partial charge in [-0.2, -0.15) is 0 Å². The second kappa shape index (κ2) is 12.6. The normalized spacial score (nSPS) is 13.8. The van der Waals surface area contributed by atoms with E-state index in [1.807, 2.05) is 26.0 Å². The molecule has 4 rings (SSSR count). The summed E-state index contributed by atoms with van der Waals surface area (Å²) < 4.78 is 7.45. The number of aromatic carboxylic acids is 1. The molecule has 8 heteroatoms. The molecular formula is C33H36Br2O6. The van der Waals surface area contributed by atoms with E-state index < -0.39 is 17.5 Å². The van der Waals surface area contributed by atoms with Crippen molar-refractivity contribution < 1.29 is 29.6 Å². The van der Waals surface area contributed by atoms with Gasteiger partial charge in [0.25, 0.3) is 0 Å². The maximum atomic E-state index is 13.8. The molecule has 0 aliphatic carbocycles. The minimum Gasteiger partial charge on any atom is -0.506 e. The Balaban J connectivity index is 2.30. The molecule has 41 heavy (non-hydrogen) atoms. The summed E-state index contributed by atoms with van der Waals surface area (Å²) in [6.07, 6.45) is 5.59. The predicted octanol–water partition coefficient (Wildman–Crippen LogP) is 8.59. The summed E-state index contributed by atoms with van der Waals surface area (Å²) in [6.45, 7) is 8.20. The number of hydrogen-bond donors (Lipinski definition) is 3. The van der Waals surface area contributed by atoms with Gasteiger partial charge in [0, 0.05) is 16.7 Å². The average Bonchev–Trinajstić information content (AvgIpc) is 3.25. The van der Waals surface area contributed by atoms with Crippen LogP contribution in [0.5, 0.6) is 11.5 Å². The topological polar surface area (TPSA) is 104 Å². The van der Waals surface area contributed by atoms with Gasteiger partial charge in [-0.15, -0.1) is 0 Å². The summed E-state index contributed by atoms with van der Waals surface area (Å²) in [5.74, 6) is -1.62. The SMILES string of the molecule is CCCc1c(C2(c3cc(Br)c(O)c(CCC)c3CCC)OC(=O)c3c(C(=O)O)cccc32)cc(Br)c(O)c1CCC. The van der Waals surface area contributed by atoms with Crippen LogP contribution >= 0.6 is 31.9 Å². The van der Waals surface area contributed by atoms with Crippen LogP contribution < -0.4 is 0 Å². The van der Waals surface area contributed by atoms with Crippen molar-refractivity contribution in [1.82, 2.24) is 0 Å². The van der Waals surface area contributed by atoms with Crippen LogP contribution in [0.3, 0.4) is 0 Å². The highest BCUT2D eigenvalue weighted by Gasteiger charge is 2.53. The Morgan fingerprint density at radius 2 is 1.20 bits per heavy atom. The Hall–Kier alpha value is -2.84. The number of cyclic esters (lactones) is 1. The molecule has 3 N–H and O–H groups in total. The highest BCUT2D eigenvalue weighted by Crippen LogP contribution is 2.54. The fourth-order valence-electron chi connectivity index (χ4n) is 6.24. The molecule has 0 saturated carbocycles. The molecule has 0 aromatic heterocycles. The lowest BCUT2D eigenvalue weighted by atomic mass is 9.72. The third-order valence-corrected chi connectivity index (χ3v) is 9.04. The summed E-state index contributed by atoms with van der Waals surface area (Å²) in [6, 6.07) is 8.45. The van der Waals surface area contributed by atoms with E-state index in [1.54, 1.807) is 12.1 Å². The lowest BCUT2D eigenvalue weighted by Gasteiger charge is -2.36. The number of fused-ring (bicyclic) bond motifs is 1. The molecule has 0 radical (unpaired) electrons. The third-order valence-electron chi connectivity index (χ3n) is 7.83. The van der Waals surface area contributed by atoms with Gasteiger partial charge in [-0.25, -0.2) is 9.59 Å². The molecule has 1 aliphatic heterocycles. The number of esters is 1. The number of benzene rings is 3. The van der Waals surface area contributed by atoms with Gasteiger partial charge in [0.05, 0.1) is 20.1 Å². The molecule has 0 fully saturated rings. The molecule has 0 amide bonds. The Kier molecular flexibility index (Phi) is 9.54. The molecular weight excluding hydrogens is 652 g/mol. The third kappa shape index (κ3) is 5.18. The molecule has 1 aliphatic rings. The molecule has 0 bridgehead atoms. The van der Waals surface area contributed by atoms with E-state index in [0.29, 0.717) is 51.3 Å². The maximum absolute atomic E-state index is 13.8. The highest BCUT2D eigenvalue weighted by atomic mass is 79.9. The van der Waals surface area contributed by atoms with Crippen LogP contribution in [-0.4, -0.2) is 27.3 Å². The van der Waals surface area contributed by atoms with Gasteiger partial charge in [0.2, 0.25) is 0 Å². The Bertz CT molecular complexity index is 1440. The number of carboxylic acids is 1. The van der Waals surface area contributed by atoms with Gasteiger partial charge < -0.3 is 20.1 Å². The van der Waals surface area contributed by atoms with Gasteiger partial charge in [-0.05, 0) is 98.0 Å². The van der Waals surface area contributed by atoms with E-state index in [-0.39, 0.29) is 22.6 Å². The van der Waals surface area contributed by atoms with E-state index in [9.17, 15) is 24.9 Å². The van der Waals surface area contributed by atoms with Crippen molar-refractivity contribution in [2.24, 2.45) is 0 Å². The monoisotopic (exact) mass is 686 g/mol. The summed E-state index contributed by atoms with van der Waals surface area (Å²) in [7, 11) is 0. The number of ether oxygens (including phenoxy) is 1. The fourth-order valence-corrected chi connectivity index (χ4v) is 7.17. The summed E-state index contributed by atoms with van der Waals surface area (Å²) >= 11 is 7.14. The molecule has 0 spiro atoms. The van der Waals surface area contributed by atoms with E-state index >= 15 is 0 Å². The zero-order valence-electron chi connectivity index (χ0n) is 23.9. The molecule has 6 nitrogen and oxygen atoms in total. The summed E-state index contributed by atoms with van der Waals surface area (Å²) in [5.41, 5.74) is 3.50.